The van der Waals surface area contributed by atoms with Gasteiger partial charge in [0.1, 0.15) is 5.84 Å². The van der Waals surface area contributed by atoms with Crippen LogP contribution in [0.2, 0.25) is 0 Å². The predicted molar refractivity (Wildman–Crippen MR) is 69.0 cm³/mol. The van der Waals surface area contributed by atoms with E-state index < -0.39 is 0 Å². The van der Waals surface area contributed by atoms with Crippen LogP contribution in [0, 0.1) is 5.41 Å². The molecule has 0 bridgehead atoms. The molecule has 0 fully saturated rings. The van der Waals surface area contributed by atoms with Gasteiger partial charge in [0.05, 0.1) is 24.0 Å². The summed E-state index contributed by atoms with van der Waals surface area (Å²) in [6.45, 7) is 4.90. The second kappa shape index (κ2) is 4.55. The summed E-state index contributed by atoms with van der Waals surface area (Å²) in [5.74, 6) is 0.0534. The van der Waals surface area contributed by atoms with Crippen LogP contribution in [0.3, 0.4) is 0 Å². The lowest BCUT2D eigenvalue weighted by Gasteiger charge is -2.09. The van der Waals surface area contributed by atoms with E-state index in [1.807, 2.05) is 22.8 Å². The molecular formula is C12H17N5. The number of rotatable bonds is 4. The smallest absolute Gasteiger partial charge is 0.125 e. The Kier molecular flexibility index (Phi) is 3.10. The standard InChI is InChI=1S/C12H17N5/c1-8(2)15-6-17-7-16-11-9(12(13)14)4-3-5-10(11)17/h3-5,7-8,15H,6H2,1-2H3,(H3,13,14). The lowest BCUT2D eigenvalue weighted by molar-refractivity contribution is 0.506. The number of hydrogen-bond acceptors (Lipinski definition) is 3. The van der Waals surface area contributed by atoms with Crippen molar-refractivity contribution in [3.05, 3.63) is 30.1 Å². The van der Waals surface area contributed by atoms with Gasteiger partial charge in [-0.25, -0.2) is 4.98 Å². The van der Waals surface area contributed by atoms with Gasteiger partial charge in [-0.15, -0.1) is 0 Å². The third-order valence-corrected chi connectivity index (χ3v) is 2.61. The van der Waals surface area contributed by atoms with Crippen molar-refractivity contribution < 1.29 is 0 Å². The van der Waals surface area contributed by atoms with Gasteiger partial charge in [0, 0.05) is 11.6 Å². The van der Waals surface area contributed by atoms with Crippen molar-refractivity contribution in [2.75, 3.05) is 0 Å². The number of nitrogens with zero attached hydrogens (tertiary/aromatic N) is 2. The molecule has 0 aliphatic heterocycles. The summed E-state index contributed by atoms with van der Waals surface area (Å²) in [5.41, 5.74) is 7.99. The van der Waals surface area contributed by atoms with E-state index in [2.05, 4.69) is 24.1 Å². The monoisotopic (exact) mass is 231 g/mol. The molecule has 0 aliphatic carbocycles. The Labute approximate surface area is 100 Å². The number of nitrogens with one attached hydrogen (secondary N) is 2. The van der Waals surface area contributed by atoms with Crippen molar-refractivity contribution in [3.63, 3.8) is 0 Å². The van der Waals surface area contributed by atoms with Gasteiger partial charge in [-0.2, -0.15) is 0 Å². The second-order valence-corrected chi connectivity index (χ2v) is 4.32. The number of aromatic nitrogens is 2. The van der Waals surface area contributed by atoms with E-state index in [-0.39, 0.29) is 5.84 Å². The fourth-order valence-electron chi connectivity index (χ4n) is 1.71. The van der Waals surface area contributed by atoms with E-state index in [1.165, 1.54) is 0 Å². The van der Waals surface area contributed by atoms with Crippen LogP contribution in [0.25, 0.3) is 11.0 Å². The van der Waals surface area contributed by atoms with Gasteiger partial charge < -0.3 is 10.3 Å². The van der Waals surface area contributed by atoms with Crippen LogP contribution < -0.4 is 11.1 Å². The van der Waals surface area contributed by atoms with Gasteiger partial charge in [0.25, 0.3) is 0 Å². The Morgan fingerprint density at radius 3 is 2.94 bits per heavy atom. The Bertz CT molecular complexity index is 541. The fraction of sp³-hybridized carbons (Fsp3) is 0.333. The average molecular weight is 231 g/mol. The number of fused-ring (bicyclic) bond motifs is 1. The molecule has 0 spiro atoms. The predicted octanol–water partition coefficient (Wildman–Crippen LogP) is 1.28. The largest absolute Gasteiger partial charge is 0.384 e. The Morgan fingerprint density at radius 1 is 1.53 bits per heavy atom. The summed E-state index contributed by atoms with van der Waals surface area (Å²) in [4.78, 5) is 4.32. The fourth-order valence-corrected chi connectivity index (χ4v) is 1.71. The van der Waals surface area contributed by atoms with E-state index in [0.717, 1.165) is 11.0 Å². The molecule has 0 saturated carbocycles. The molecule has 5 heteroatoms. The number of benzene rings is 1. The van der Waals surface area contributed by atoms with Crippen LogP contribution in [0.4, 0.5) is 0 Å². The molecule has 0 unspecified atom stereocenters. The first-order valence-corrected chi connectivity index (χ1v) is 5.61. The van der Waals surface area contributed by atoms with Crippen LogP contribution in [-0.2, 0) is 6.67 Å². The van der Waals surface area contributed by atoms with Crippen molar-refractivity contribution in [1.29, 1.82) is 5.41 Å². The number of nitrogens with two attached hydrogens (primary N) is 1. The third kappa shape index (κ3) is 2.29. The number of para-hydroxylation sites is 1. The van der Waals surface area contributed by atoms with Crippen molar-refractivity contribution in [1.82, 2.24) is 14.9 Å². The zero-order valence-electron chi connectivity index (χ0n) is 10.1. The maximum Gasteiger partial charge on any atom is 0.125 e. The molecule has 0 aliphatic rings. The minimum Gasteiger partial charge on any atom is -0.384 e. The normalized spacial score (nSPS) is 11.2. The molecular weight excluding hydrogens is 214 g/mol. The first-order chi connectivity index (χ1) is 8.09. The van der Waals surface area contributed by atoms with Gasteiger partial charge in [0.2, 0.25) is 0 Å². The molecule has 1 aromatic heterocycles. The highest BCUT2D eigenvalue weighted by molar-refractivity contribution is 6.05. The highest BCUT2D eigenvalue weighted by Crippen LogP contribution is 2.16. The quantitative estimate of drug-likeness (QED) is 0.547. The van der Waals surface area contributed by atoms with Crippen molar-refractivity contribution in [3.8, 4) is 0 Å². The molecule has 0 atom stereocenters. The summed E-state index contributed by atoms with van der Waals surface area (Å²) in [7, 11) is 0. The van der Waals surface area contributed by atoms with Crippen LogP contribution in [-0.4, -0.2) is 21.4 Å². The zero-order chi connectivity index (χ0) is 12.4. The molecule has 2 aromatic rings. The van der Waals surface area contributed by atoms with Crippen LogP contribution >= 0.6 is 0 Å². The van der Waals surface area contributed by atoms with Crippen LogP contribution in [0.15, 0.2) is 24.5 Å². The van der Waals surface area contributed by atoms with Gasteiger partial charge in [0.15, 0.2) is 0 Å². The molecule has 0 saturated heterocycles. The minimum absolute atomic E-state index is 0.0534. The molecule has 0 amide bonds. The van der Waals surface area contributed by atoms with Crippen molar-refractivity contribution in [2.24, 2.45) is 5.73 Å². The van der Waals surface area contributed by atoms with E-state index in [4.69, 9.17) is 11.1 Å². The SMILES string of the molecule is CC(C)NCn1cnc2c(C(=N)N)cccc21. The number of amidine groups is 1. The van der Waals surface area contributed by atoms with Crippen molar-refractivity contribution in [2.45, 2.75) is 26.6 Å². The Balaban J connectivity index is 2.40. The molecule has 5 nitrogen and oxygen atoms in total. The molecule has 1 aromatic carbocycles. The van der Waals surface area contributed by atoms with E-state index in [0.29, 0.717) is 18.3 Å². The Morgan fingerprint density at radius 2 is 2.29 bits per heavy atom. The molecule has 4 N–H and O–H groups in total. The Hall–Kier alpha value is -1.88. The lowest BCUT2D eigenvalue weighted by atomic mass is 10.1. The van der Waals surface area contributed by atoms with E-state index in [1.54, 1.807) is 6.33 Å². The number of nitrogen functional groups attached to an aromatic ring is 1. The molecule has 90 valence electrons. The van der Waals surface area contributed by atoms with E-state index >= 15 is 0 Å². The van der Waals surface area contributed by atoms with Crippen molar-refractivity contribution >= 4 is 16.9 Å². The lowest BCUT2D eigenvalue weighted by Crippen LogP contribution is -2.25. The maximum atomic E-state index is 7.51. The highest BCUT2D eigenvalue weighted by Gasteiger charge is 2.08. The third-order valence-electron chi connectivity index (χ3n) is 2.61. The number of imidazole rings is 1. The molecule has 1 heterocycles. The second-order valence-electron chi connectivity index (χ2n) is 4.32. The van der Waals surface area contributed by atoms with E-state index in [9.17, 15) is 0 Å². The molecule has 2 rings (SSSR count). The van der Waals surface area contributed by atoms with Crippen LogP contribution in [0.5, 0.6) is 0 Å². The summed E-state index contributed by atoms with van der Waals surface area (Å²) >= 11 is 0. The maximum absolute atomic E-state index is 7.51. The average Bonchev–Trinajstić information content (AvgIpc) is 2.68. The summed E-state index contributed by atoms with van der Waals surface area (Å²) in [5, 5.41) is 10.8. The number of hydrogen-bond donors (Lipinski definition) is 3. The summed E-state index contributed by atoms with van der Waals surface area (Å²) < 4.78 is 2.02. The molecule has 0 radical (unpaired) electrons. The van der Waals surface area contributed by atoms with Gasteiger partial charge in [-0.1, -0.05) is 6.07 Å². The van der Waals surface area contributed by atoms with Gasteiger partial charge in [-0.3, -0.25) is 10.7 Å². The summed E-state index contributed by atoms with van der Waals surface area (Å²) in [6, 6.07) is 6.12. The highest BCUT2D eigenvalue weighted by atomic mass is 15.2. The minimum atomic E-state index is 0.0534. The zero-order valence-corrected chi connectivity index (χ0v) is 10.1. The molecule has 17 heavy (non-hydrogen) atoms. The first-order valence-electron chi connectivity index (χ1n) is 5.61. The summed E-state index contributed by atoms with van der Waals surface area (Å²) in [6.07, 6.45) is 1.77. The van der Waals surface area contributed by atoms with Gasteiger partial charge in [-0.05, 0) is 26.0 Å². The topological polar surface area (TPSA) is 79.7 Å². The van der Waals surface area contributed by atoms with Gasteiger partial charge >= 0.3 is 0 Å². The van der Waals surface area contributed by atoms with Crippen LogP contribution in [0.1, 0.15) is 19.4 Å². The first kappa shape index (κ1) is 11.6.